The Kier molecular flexibility index (Phi) is 6.06. The lowest BCUT2D eigenvalue weighted by molar-refractivity contribution is 0.259. The molecule has 1 aliphatic rings. The number of anilines is 1. The summed E-state index contributed by atoms with van der Waals surface area (Å²) in [5, 5.41) is 0. The normalized spacial score (nSPS) is 19.5. The van der Waals surface area contributed by atoms with Crippen molar-refractivity contribution in [1.82, 2.24) is 13.6 Å². The average molecular weight is 363 g/mol. The highest BCUT2D eigenvalue weighted by Crippen LogP contribution is 2.21. The van der Waals surface area contributed by atoms with Gasteiger partial charge in [0.15, 0.2) is 11.1 Å². The van der Waals surface area contributed by atoms with Gasteiger partial charge in [0.2, 0.25) is 11.3 Å². The van der Waals surface area contributed by atoms with Crippen molar-refractivity contribution >= 4 is 17.0 Å². The maximum Gasteiger partial charge on any atom is 0.229 e. The van der Waals surface area contributed by atoms with E-state index in [1.807, 2.05) is 12.1 Å². The zero-order valence-corrected chi connectivity index (χ0v) is 15.3. The number of rotatable bonds is 7. The molecule has 1 fully saturated rings. The average Bonchev–Trinajstić information content (AvgIpc) is 3.13. The van der Waals surface area contributed by atoms with Crippen LogP contribution in [0.2, 0.25) is 0 Å². The van der Waals surface area contributed by atoms with E-state index < -0.39 is 11.1 Å². The third-order valence-corrected chi connectivity index (χ3v) is 5.15. The Balaban J connectivity index is 1.46. The molecule has 7 nitrogen and oxygen atoms in total. The van der Waals surface area contributed by atoms with Crippen molar-refractivity contribution in [1.29, 1.82) is 0 Å². The summed E-state index contributed by atoms with van der Waals surface area (Å²) in [5.41, 5.74) is 7.29. The molecule has 1 aromatic heterocycles. The number of nitrogens with one attached hydrogen (secondary N) is 1. The van der Waals surface area contributed by atoms with E-state index in [4.69, 9.17) is 10.5 Å². The molecule has 0 spiro atoms. The number of benzene rings is 1. The zero-order valence-electron chi connectivity index (χ0n) is 14.5. The summed E-state index contributed by atoms with van der Waals surface area (Å²) < 4.78 is 23.2. The molecule has 2 heterocycles. The first kappa shape index (κ1) is 17.9. The zero-order chi connectivity index (χ0) is 17.6. The predicted octanol–water partition coefficient (Wildman–Crippen LogP) is 2.07. The number of nitrogen functional groups attached to an aromatic ring is 1. The van der Waals surface area contributed by atoms with E-state index in [1.165, 1.54) is 24.9 Å². The smallest absolute Gasteiger partial charge is 0.229 e. The van der Waals surface area contributed by atoms with Gasteiger partial charge in [0.05, 0.1) is 6.61 Å². The molecule has 2 unspecified atom stereocenters. The number of nitrogens with two attached hydrogens (primary N) is 1. The molecule has 1 saturated heterocycles. The Bertz CT molecular complexity index is 757. The van der Waals surface area contributed by atoms with Crippen molar-refractivity contribution in [3.05, 3.63) is 35.3 Å². The number of likely N-dealkylation sites (tertiary alicyclic amines) is 1. The Morgan fingerprint density at radius 1 is 1.52 bits per heavy atom. The number of aromatic nitrogens is 2. The molecule has 25 heavy (non-hydrogen) atoms. The van der Waals surface area contributed by atoms with Crippen LogP contribution in [0.25, 0.3) is 0 Å². The molecule has 0 amide bonds. The lowest BCUT2D eigenvalue weighted by Crippen LogP contribution is -2.26. The number of hydrogen-bond donors (Lipinski definition) is 2. The first-order valence-electron chi connectivity index (χ1n) is 8.65. The highest BCUT2D eigenvalue weighted by molar-refractivity contribution is 7.13. The van der Waals surface area contributed by atoms with Crippen molar-refractivity contribution in [3.8, 4) is 5.75 Å². The SMILES string of the molecule is CC1CCCN1Cc1cccc(OCCCN=c2[nH][s+]([O-])nc2N)c1. The third kappa shape index (κ3) is 5.04. The quantitative estimate of drug-likeness (QED) is 0.579. The summed E-state index contributed by atoms with van der Waals surface area (Å²) in [6.45, 7) is 5.56. The third-order valence-electron chi connectivity index (χ3n) is 4.42. The van der Waals surface area contributed by atoms with Gasteiger partial charge in [-0.3, -0.25) is 9.89 Å². The molecule has 136 valence electrons. The summed E-state index contributed by atoms with van der Waals surface area (Å²) in [5.74, 6) is 1.08. The monoisotopic (exact) mass is 363 g/mol. The van der Waals surface area contributed by atoms with E-state index in [9.17, 15) is 4.55 Å². The van der Waals surface area contributed by atoms with Crippen LogP contribution in [0.15, 0.2) is 29.3 Å². The fourth-order valence-electron chi connectivity index (χ4n) is 3.04. The molecule has 3 N–H and O–H groups in total. The summed E-state index contributed by atoms with van der Waals surface area (Å²) in [6.07, 6.45) is 3.33. The second kappa shape index (κ2) is 8.46. The van der Waals surface area contributed by atoms with Crippen LogP contribution in [0, 0.1) is 0 Å². The van der Waals surface area contributed by atoms with Gasteiger partial charge in [-0.2, -0.15) is 0 Å². The van der Waals surface area contributed by atoms with E-state index in [-0.39, 0.29) is 5.82 Å². The van der Waals surface area contributed by atoms with Crippen molar-refractivity contribution in [2.75, 3.05) is 25.4 Å². The topological polar surface area (TPSA) is 103 Å². The second-order valence-electron chi connectivity index (χ2n) is 6.37. The minimum atomic E-state index is -1.48. The van der Waals surface area contributed by atoms with Gasteiger partial charge in [-0.05, 0) is 44.0 Å². The van der Waals surface area contributed by atoms with Crippen LogP contribution in [0.1, 0.15) is 31.7 Å². The Labute approximate surface area is 150 Å². The van der Waals surface area contributed by atoms with Gasteiger partial charge in [0.1, 0.15) is 5.75 Å². The van der Waals surface area contributed by atoms with Crippen molar-refractivity contribution < 1.29 is 9.29 Å². The van der Waals surface area contributed by atoms with Gasteiger partial charge in [-0.1, -0.05) is 12.1 Å². The van der Waals surface area contributed by atoms with Gasteiger partial charge in [0.25, 0.3) is 0 Å². The molecule has 2 aromatic rings. The Morgan fingerprint density at radius 3 is 3.12 bits per heavy atom. The summed E-state index contributed by atoms with van der Waals surface area (Å²) in [7, 11) is 0. The van der Waals surface area contributed by atoms with Crippen LogP contribution in [0.5, 0.6) is 5.75 Å². The number of hydrogen-bond acceptors (Lipinski definition) is 6. The largest absolute Gasteiger partial charge is 0.548 e. The van der Waals surface area contributed by atoms with Gasteiger partial charge < -0.3 is 15.0 Å². The van der Waals surface area contributed by atoms with Crippen LogP contribution in [-0.4, -0.2) is 43.9 Å². The molecule has 0 radical (unpaired) electrons. The van der Waals surface area contributed by atoms with E-state index >= 15 is 0 Å². The van der Waals surface area contributed by atoms with E-state index in [2.05, 4.69) is 37.7 Å². The van der Waals surface area contributed by atoms with E-state index in [0.29, 0.717) is 24.7 Å². The van der Waals surface area contributed by atoms with Gasteiger partial charge in [-0.15, -0.1) is 4.37 Å². The molecule has 0 bridgehead atoms. The van der Waals surface area contributed by atoms with E-state index in [0.717, 1.165) is 18.7 Å². The highest BCUT2D eigenvalue weighted by atomic mass is 32.2. The van der Waals surface area contributed by atoms with Crippen LogP contribution >= 0.6 is 11.1 Å². The number of ether oxygens (including phenoxy) is 1. The van der Waals surface area contributed by atoms with Crippen LogP contribution in [0.4, 0.5) is 5.82 Å². The highest BCUT2D eigenvalue weighted by Gasteiger charge is 2.19. The lowest BCUT2D eigenvalue weighted by atomic mass is 10.2. The summed E-state index contributed by atoms with van der Waals surface area (Å²) in [6, 6.07) is 8.95. The van der Waals surface area contributed by atoms with Gasteiger partial charge in [-0.25, -0.2) is 0 Å². The maximum absolute atomic E-state index is 11.1. The molecule has 2 atom stereocenters. The fourth-order valence-corrected chi connectivity index (χ4v) is 3.69. The van der Waals surface area contributed by atoms with Crippen molar-refractivity contribution in [2.24, 2.45) is 4.99 Å². The summed E-state index contributed by atoms with van der Waals surface area (Å²) >= 11 is -1.48. The number of nitrogens with zero attached hydrogens (tertiary/aromatic N) is 3. The number of H-pyrrole nitrogens is 1. The van der Waals surface area contributed by atoms with Crippen molar-refractivity contribution in [2.45, 2.75) is 38.8 Å². The molecular weight excluding hydrogens is 338 g/mol. The molecule has 1 aromatic carbocycles. The standard InChI is InChI=1S/C17H25N5O2S/c1-13-5-3-9-22(13)12-14-6-2-7-15(11-14)24-10-4-8-19-17-16(18)20-25(23)21-17/h2,6-7,11,13H,3-5,8-10,12H2,1H3,(H2,18,20)(H,19,21). The van der Waals surface area contributed by atoms with Crippen molar-refractivity contribution in [3.63, 3.8) is 0 Å². The Morgan fingerprint density at radius 2 is 2.40 bits per heavy atom. The molecule has 8 heteroatoms. The van der Waals surface area contributed by atoms with E-state index in [1.54, 1.807) is 0 Å². The first-order valence-corrected chi connectivity index (χ1v) is 9.76. The summed E-state index contributed by atoms with van der Waals surface area (Å²) in [4.78, 5) is 6.76. The van der Waals surface area contributed by atoms with Crippen LogP contribution in [-0.2, 0) is 6.54 Å². The molecular formula is C17H25N5O2S. The lowest BCUT2D eigenvalue weighted by Gasteiger charge is -2.21. The Hall–Kier alpha value is -1.90. The fraction of sp³-hybridized carbons (Fsp3) is 0.529. The van der Waals surface area contributed by atoms with Crippen LogP contribution < -0.4 is 16.0 Å². The van der Waals surface area contributed by atoms with Crippen LogP contribution in [0.3, 0.4) is 0 Å². The predicted molar refractivity (Wildman–Crippen MR) is 97.7 cm³/mol. The molecule has 1 aliphatic heterocycles. The number of aromatic amines is 1. The maximum atomic E-state index is 11.1. The minimum Gasteiger partial charge on any atom is -0.548 e. The minimum absolute atomic E-state index is 0.197. The van der Waals surface area contributed by atoms with Gasteiger partial charge in [0, 0.05) is 29.9 Å². The van der Waals surface area contributed by atoms with Gasteiger partial charge >= 0.3 is 0 Å². The molecule has 0 aliphatic carbocycles. The molecule has 3 rings (SSSR count). The molecule has 0 saturated carbocycles. The first-order chi connectivity index (χ1) is 12.1. The second-order valence-corrected chi connectivity index (χ2v) is 7.25.